The fourth-order valence-corrected chi connectivity index (χ4v) is 4.22. The lowest BCUT2D eigenvalue weighted by Crippen LogP contribution is -2.20. The Labute approximate surface area is 169 Å². The maximum atomic E-state index is 11.8. The number of para-hydroxylation sites is 1. The summed E-state index contributed by atoms with van der Waals surface area (Å²) in [6, 6.07) is 13.3. The topological polar surface area (TPSA) is 67.4 Å². The van der Waals surface area contributed by atoms with Gasteiger partial charge in [-0.05, 0) is 30.7 Å². The van der Waals surface area contributed by atoms with E-state index in [0.29, 0.717) is 18.0 Å². The van der Waals surface area contributed by atoms with Gasteiger partial charge >= 0.3 is 0 Å². The van der Waals surface area contributed by atoms with Gasteiger partial charge in [-0.15, -0.1) is 11.3 Å². The van der Waals surface area contributed by atoms with E-state index < -0.39 is 0 Å². The van der Waals surface area contributed by atoms with E-state index >= 15 is 0 Å². The first-order valence-corrected chi connectivity index (χ1v) is 10.2. The summed E-state index contributed by atoms with van der Waals surface area (Å²) in [6.45, 7) is 0.749. The lowest BCUT2D eigenvalue weighted by Gasteiger charge is -2.16. The van der Waals surface area contributed by atoms with Crippen molar-refractivity contribution in [2.24, 2.45) is 5.92 Å². The van der Waals surface area contributed by atoms with Gasteiger partial charge in [0.1, 0.15) is 5.75 Å². The number of rotatable bonds is 6. The van der Waals surface area contributed by atoms with E-state index in [4.69, 9.17) is 4.74 Å². The highest BCUT2D eigenvalue weighted by Crippen LogP contribution is 2.38. The zero-order valence-electron chi connectivity index (χ0n) is 14.3. The molecule has 2 aromatic heterocycles. The first-order valence-electron chi connectivity index (χ1n) is 8.56. The number of thiazole rings is 1. The molecule has 4 rings (SSSR count). The van der Waals surface area contributed by atoms with Gasteiger partial charge in [-0.25, -0.2) is 13.9 Å². The molecule has 1 fully saturated rings. The Morgan fingerprint density at radius 3 is 2.89 bits per heavy atom. The molecule has 0 saturated carbocycles. The molecule has 3 aromatic rings. The van der Waals surface area contributed by atoms with E-state index in [1.165, 1.54) is 11.3 Å². The maximum Gasteiger partial charge on any atom is 0.223 e. The highest BCUT2D eigenvalue weighted by atomic mass is 79.9. The van der Waals surface area contributed by atoms with Gasteiger partial charge in [-0.3, -0.25) is 4.79 Å². The fourth-order valence-electron chi connectivity index (χ4n) is 2.89. The van der Waals surface area contributed by atoms with Crippen LogP contribution in [0.2, 0.25) is 0 Å². The van der Waals surface area contributed by atoms with Gasteiger partial charge in [-0.2, -0.15) is 0 Å². The van der Waals surface area contributed by atoms with E-state index in [1.54, 1.807) is 10.1 Å². The summed E-state index contributed by atoms with van der Waals surface area (Å²) in [6.07, 6.45) is 3.22. The summed E-state index contributed by atoms with van der Waals surface area (Å²) in [5, 5.41) is 5.58. The number of carbonyl (C=O) groups excluding carboxylic acids is 1. The molecule has 0 aliphatic carbocycles. The van der Waals surface area contributed by atoms with Crippen LogP contribution in [0.3, 0.4) is 0 Å². The maximum absolute atomic E-state index is 11.8. The molecular formula is C19H17BrN4O2S. The molecule has 3 heterocycles. The van der Waals surface area contributed by atoms with Crippen LogP contribution in [0, 0.1) is 5.92 Å². The monoisotopic (exact) mass is 444 g/mol. The van der Waals surface area contributed by atoms with Gasteiger partial charge in [0.05, 0.1) is 21.8 Å². The van der Waals surface area contributed by atoms with Crippen molar-refractivity contribution in [3.8, 4) is 11.5 Å². The standard InChI is InChI=1S/C19H17BrN4O2S/c20-24(19-23-14(12-27-19)11-13-8-10-22-18(13)25)17-16(7-4-9-21-17)26-15-5-2-1-3-6-15/h1-7,9,12-13H,8,10-11H2,(H,22,25). The molecule has 1 saturated heterocycles. The third-order valence-electron chi connectivity index (χ3n) is 4.23. The summed E-state index contributed by atoms with van der Waals surface area (Å²) in [5.74, 6) is 2.09. The smallest absolute Gasteiger partial charge is 0.223 e. The number of aromatic nitrogens is 2. The molecule has 1 atom stereocenters. The molecule has 1 aromatic carbocycles. The molecule has 1 aliphatic rings. The van der Waals surface area contributed by atoms with Gasteiger partial charge in [-0.1, -0.05) is 18.2 Å². The number of hydrogen-bond acceptors (Lipinski definition) is 6. The first-order chi connectivity index (χ1) is 13.2. The number of carbonyl (C=O) groups is 1. The molecule has 138 valence electrons. The Morgan fingerprint density at radius 1 is 1.26 bits per heavy atom. The van der Waals surface area contributed by atoms with Gasteiger partial charge in [0.25, 0.3) is 0 Å². The number of anilines is 2. The van der Waals surface area contributed by atoms with Crippen LogP contribution in [0.25, 0.3) is 0 Å². The zero-order chi connectivity index (χ0) is 18.6. The second-order valence-corrected chi connectivity index (χ2v) is 7.67. The number of nitrogens with zero attached hydrogens (tertiary/aromatic N) is 3. The van der Waals surface area contributed by atoms with Crippen LogP contribution in [0.5, 0.6) is 11.5 Å². The average Bonchev–Trinajstić information content (AvgIpc) is 3.32. The van der Waals surface area contributed by atoms with Crippen molar-refractivity contribution >= 4 is 44.3 Å². The van der Waals surface area contributed by atoms with Gasteiger partial charge in [0.2, 0.25) is 11.0 Å². The van der Waals surface area contributed by atoms with Gasteiger partial charge < -0.3 is 10.1 Å². The number of benzene rings is 1. The molecule has 0 spiro atoms. The number of halogens is 1. The molecule has 1 N–H and O–H groups in total. The lowest BCUT2D eigenvalue weighted by molar-refractivity contribution is -0.122. The molecule has 1 unspecified atom stereocenters. The van der Waals surface area contributed by atoms with Crippen molar-refractivity contribution in [2.75, 3.05) is 10.5 Å². The molecule has 8 heteroatoms. The second kappa shape index (κ2) is 8.06. The number of amides is 1. The van der Waals surface area contributed by atoms with Crippen LogP contribution in [0.1, 0.15) is 12.1 Å². The number of ether oxygens (including phenoxy) is 1. The van der Waals surface area contributed by atoms with Crippen LogP contribution < -0.4 is 14.0 Å². The minimum absolute atomic E-state index is 0.00977. The molecule has 27 heavy (non-hydrogen) atoms. The molecule has 6 nitrogen and oxygen atoms in total. The third-order valence-corrected chi connectivity index (χ3v) is 6.01. The predicted molar refractivity (Wildman–Crippen MR) is 109 cm³/mol. The molecule has 1 aliphatic heterocycles. The minimum Gasteiger partial charge on any atom is -0.453 e. The number of hydrogen-bond donors (Lipinski definition) is 1. The summed E-state index contributed by atoms with van der Waals surface area (Å²) in [4.78, 5) is 20.9. The number of pyridine rings is 1. The van der Waals surface area contributed by atoms with Crippen molar-refractivity contribution in [1.82, 2.24) is 15.3 Å². The van der Waals surface area contributed by atoms with E-state index in [-0.39, 0.29) is 11.8 Å². The summed E-state index contributed by atoms with van der Waals surface area (Å²) in [5.41, 5.74) is 0.906. The van der Waals surface area contributed by atoms with Gasteiger partial charge in [0.15, 0.2) is 11.6 Å². The van der Waals surface area contributed by atoms with Crippen LogP contribution in [0.15, 0.2) is 54.0 Å². The SMILES string of the molecule is O=C1NCCC1Cc1csc(N(Br)c2ncccc2Oc2ccccc2)n1. The van der Waals surface area contributed by atoms with Gasteiger partial charge in [0, 0.05) is 30.5 Å². The van der Waals surface area contributed by atoms with E-state index in [2.05, 4.69) is 31.4 Å². The predicted octanol–water partition coefficient (Wildman–Crippen LogP) is 4.46. The van der Waals surface area contributed by atoms with Crippen LogP contribution in [-0.4, -0.2) is 22.4 Å². The normalized spacial score (nSPS) is 16.2. The highest BCUT2D eigenvalue weighted by Gasteiger charge is 2.26. The Balaban J connectivity index is 1.53. The Bertz CT molecular complexity index is 934. The first kappa shape index (κ1) is 17.9. The summed E-state index contributed by atoms with van der Waals surface area (Å²) < 4.78 is 7.70. The highest BCUT2D eigenvalue weighted by molar-refractivity contribution is 9.10. The van der Waals surface area contributed by atoms with E-state index in [1.807, 2.05) is 47.8 Å². The van der Waals surface area contributed by atoms with Crippen molar-refractivity contribution in [3.05, 3.63) is 59.7 Å². The van der Waals surface area contributed by atoms with Crippen molar-refractivity contribution in [1.29, 1.82) is 0 Å². The Kier molecular flexibility index (Phi) is 5.35. The molecule has 0 bridgehead atoms. The molecule has 1 amide bonds. The van der Waals surface area contributed by atoms with Crippen LogP contribution in [0.4, 0.5) is 10.9 Å². The number of nitrogens with one attached hydrogen (secondary N) is 1. The molecular weight excluding hydrogens is 428 g/mol. The largest absolute Gasteiger partial charge is 0.453 e. The van der Waals surface area contributed by atoms with Crippen LogP contribution >= 0.6 is 27.5 Å². The Hall–Kier alpha value is -2.45. The summed E-state index contributed by atoms with van der Waals surface area (Å²) >= 11 is 5.05. The fraction of sp³-hybridized carbons (Fsp3) is 0.211. The minimum atomic E-state index is 0.00977. The zero-order valence-corrected chi connectivity index (χ0v) is 16.7. The molecule has 0 radical (unpaired) electrons. The van der Waals surface area contributed by atoms with Crippen molar-refractivity contribution in [2.45, 2.75) is 12.8 Å². The van der Waals surface area contributed by atoms with Crippen molar-refractivity contribution in [3.63, 3.8) is 0 Å². The quantitative estimate of drug-likeness (QED) is 0.568. The van der Waals surface area contributed by atoms with E-state index in [0.717, 1.165) is 29.5 Å². The third kappa shape index (κ3) is 4.12. The second-order valence-electron chi connectivity index (χ2n) is 6.12. The average molecular weight is 445 g/mol. The van der Waals surface area contributed by atoms with Crippen molar-refractivity contribution < 1.29 is 9.53 Å². The van der Waals surface area contributed by atoms with E-state index in [9.17, 15) is 4.79 Å². The summed E-state index contributed by atoms with van der Waals surface area (Å²) in [7, 11) is 0. The Morgan fingerprint density at radius 2 is 2.11 bits per heavy atom. The van der Waals surface area contributed by atoms with Crippen LogP contribution in [-0.2, 0) is 11.2 Å². The lowest BCUT2D eigenvalue weighted by atomic mass is 10.0.